The van der Waals surface area contributed by atoms with E-state index in [1.165, 1.54) is 4.90 Å². The maximum absolute atomic E-state index is 13.5. The standard InChI is InChI=1S/C23H29Cl2N3O4S/c1-5-21(23(30)26-16(2)3)27(14-18-19(24)12-9-13-20(18)25)22(29)15-28(33(4,31)32)17-10-7-6-8-11-17/h6-13,16,21H,5,14-15H2,1-4H3,(H,26,30)/t21-/m1/s1. The summed E-state index contributed by atoms with van der Waals surface area (Å²) in [7, 11) is -3.77. The van der Waals surface area contributed by atoms with Crippen molar-refractivity contribution in [1.29, 1.82) is 0 Å². The topological polar surface area (TPSA) is 86.8 Å². The van der Waals surface area contributed by atoms with E-state index in [4.69, 9.17) is 23.2 Å². The van der Waals surface area contributed by atoms with Crippen molar-refractivity contribution in [3.05, 3.63) is 64.1 Å². The van der Waals surface area contributed by atoms with Crippen LogP contribution in [0, 0.1) is 0 Å². The highest BCUT2D eigenvalue weighted by atomic mass is 35.5. The molecule has 0 spiro atoms. The van der Waals surface area contributed by atoms with Crippen LogP contribution in [0.4, 0.5) is 5.69 Å². The van der Waals surface area contributed by atoms with Gasteiger partial charge >= 0.3 is 0 Å². The number of hydrogen-bond acceptors (Lipinski definition) is 4. The van der Waals surface area contributed by atoms with Gasteiger partial charge in [0, 0.05) is 28.2 Å². The normalized spacial score (nSPS) is 12.3. The second-order valence-corrected chi connectivity index (χ2v) is 10.6. The predicted molar refractivity (Wildman–Crippen MR) is 133 cm³/mol. The summed E-state index contributed by atoms with van der Waals surface area (Å²) in [6.45, 7) is 4.90. The van der Waals surface area contributed by atoms with Crippen LogP contribution in [0.25, 0.3) is 0 Å². The van der Waals surface area contributed by atoms with Crippen molar-refractivity contribution in [2.45, 2.75) is 45.8 Å². The largest absolute Gasteiger partial charge is 0.352 e. The van der Waals surface area contributed by atoms with Crippen LogP contribution in [0.1, 0.15) is 32.8 Å². The molecule has 0 fully saturated rings. The minimum atomic E-state index is -3.77. The summed E-state index contributed by atoms with van der Waals surface area (Å²) in [5, 5.41) is 3.53. The van der Waals surface area contributed by atoms with E-state index in [0.717, 1.165) is 10.6 Å². The molecule has 0 aliphatic heterocycles. The van der Waals surface area contributed by atoms with Gasteiger partial charge in [-0.25, -0.2) is 8.42 Å². The number of sulfonamides is 1. The van der Waals surface area contributed by atoms with E-state index in [9.17, 15) is 18.0 Å². The lowest BCUT2D eigenvalue weighted by Gasteiger charge is -2.33. The Labute approximate surface area is 205 Å². The van der Waals surface area contributed by atoms with Crippen molar-refractivity contribution in [2.75, 3.05) is 17.1 Å². The molecule has 0 aliphatic rings. The van der Waals surface area contributed by atoms with Crippen LogP contribution < -0.4 is 9.62 Å². The van der Waals surface area contributed by atoms with Gasteiger partial charge in [0.1, 0.15) is 12.6 Å². The molecule has 0 heterocycles. The number of nitrogens with one attached hydrogen (secondary N) is 1. The first-order chi connectivity index (χ1) is 15.5. The van der Waals surface area contributed by atoms with E-state index in [-0.39, 0.29) is 18.5 Å². The van der Waals surface area contributed by atoms with E-state index in [1.807, 2.05) is 13.8 Å². The fourth-order valence-electron chi connectivity index (χ4n) is 3.36. The van der Waals surface area contributed by atoms with Crippen LogP contribution in [0.15, 0.2) is 48.5 Å². The molecule has 10 heteroatoms. The third kappa shape index (κ3) is 7.35. The lowest BCUT2D eigenvalue weighted by molar-refractivity contribution is -0.140. The highest BCUT2D eigenvalue weighted by molar-refractivity contribution is 7.92. The molecular weight excluding hydrogens is 485 g/mol. The molecule has 0 bridgehead atoms. The third-order valence-corrected chi connectivity index (χ3v) is 6.78. The lowest BCUT2D eigenvalue weighted by atomic mass is 10.1. The molecule has 33 heavy (non-hydrogen) atoms. The fraction of sp³-hybridized carbons (Fsp3) is 0.391. The number of benzene rings is 2. The van der Waals surface area contributed by atoms with Crippen molar-refractivity contribution in [1.82, 2.24) is 10.2 Å². The molecule has 0 radical (unpaired) electrons. The number of carbonyl (C=O) groups is 2. The molecule has 2 rings (SSSR count). The van der Waals surface area contributed by atoms with E-state index < -0.39 is 28.5 Å². The van der Waals surface area contributed by atoms with Crippen LogP contribution in [0.2, 0.25) is 10.0 Å². The Morgan fingerprint density at radius 1 is 1.00 bits per heavy atom. The lowest BCUT2D eigenvalue weighted by Crippen LogP contribution is -2.53. The Balaban J connectivity index is 2.48. The molecular formula is C23H29Cl2N3O4S. The maximum Gasteiger partial charge on any atom is 0.244 e. The molecule has 0 saturated carbocycles. The summed E-state index contributed by atoms with van der Waals surface area (Å²) in [4.78, 5) is 27.8. The molecule has 2 aromatic rings. The number of hydrogen-bond donors (Lipinski definition) is 1. The summed E-state index contributed by atoms with van der Waals surface area (Å²) in [6.07, 6.45) is 1.35. The summed E-state index contributed by atoms with van der Waals surface area (Å²) in [6, 6.07) is 12.3. The van der Waals surface area contributed by atoms with Crippen molar-refractivity contribution >= 4 is 50.7 Å². The van der Waals surface area contributed by atoms with E-state index >= 15 is 0 Å². The molecule has 180 valence electrons. The molecule has 7 nitrogen and oxygen atoms in total. The zero-order chi connectivity index (χ0) is 24.8. The molecule has 0 aliphatic carbocycles. The Hall–Kier alpha value is -2.29. The maximum atomic E-state index is 13.5. The number of carbonyl (C=O) groups excluding carboxylic acids is 2. The summed E-state index contributed by atoms with van der Waals surface area (Å²) in [5.74, 6) is -0.888. The zero-order valence-corrected chi connectivity index (χ0v) is 21.4. The van der Waals surface area contributed by atoms with Gasteiger partial charge in [0.25, 0.3) is 0 Å². The van der Waals surface area contributed by atoms with Gasteiger partial charge in [0.2, 0.25) is 21.8 Å². The third-order valence-electron chi connectivity index (χ3n) is 4.93. The minimum Gasteiger partial charge on any atom is -0.352 e. The molecule has 0 unspecified atom stereocenters. The molecule has 2 aromatic carbocycles. The number of amides is 2. The van der Waals surface area contributed by atoms with Gasteiger partial charge in [-0.2, -0.15) is 0 Å². The monoisotopic (exact) mass is 513 g/mol. The van der Waals surface area contributed by atoms with Crippen LogP contribution >= 0.6 is 23.2 Å². The molecule has 1 atom stereocenters. The second-order valence-electron chi connectivity index (χ2n) is 7.91. The first-order valence-corrected chi connectivity index (χ1v) is 13.1. The van der Waals surface area contributed by atoms with E-state index in [1.54, 1.807) is 55.5 Å². The van der Waals surface area contributed by atoms with Crippen molar-refractivity contribution in [3.8, 4) is 0 Å². The Kier molecular flexibility index (Phi) is 9.57. The van der Waals surface area contributed by atoms with Crippen molar-refractivity contribution in [3.63, 3.8) is 0 Å². The van der Waals surface area contributed by atoms with Gasteiger partial charge < -0.3 is 10.2 Å². The molecule has 2 amide bonds. The zero-order valence-electron chi connectivity index (χ0n) is 19.1. The number of nitrogens with zero attached hydrogens (tertiary/aromatic N) is 2. The first-order valence-electron chi connectivity index (χ1n) is 10.5. The van der Waals surface area contributed by atoms with Gasteiger partial charge in [-0.3, -0.25) is 13.9 Å². The average Bonchev–Trinajstić information content (AvgIpc) is 2.73. The number of halogens is 2. The number of anilines is 1. The summed E-state index contributed by atoms with van der Waals surface area (Å²) in [5.41, 5.74) is 0.833. The quantitative estimate of drug-likeness (QED) is 0.518. The van der Waals surface area contributed by atoms with E-state index in [0.29, 0.717) is 27.7 Å². The van der Waals surface area contributed by atoms with Gasteiger partial charge in [-0.15, -0.1) is 0 Å². The first kappa shape index (κ1) is 27.0. The van der Waals surface area contributed by atoms with Gasteiger partial charge in [-0.1, -0.05) is 54.4 Å². The van der Waals surface area contributed by atoms with Crippen LogP contribution in [-0.2, 0) is 26.2 Å². The summed E-state index contributed by atoms with van der Waals surface area (Å²) < 4.78 is 26.0. The average molecular weight is 514 g/mol. The van der Waals surface area contributed by atoms with Crippen molar-refractivity contribution < 1.29 is 18.0 Å². The van der Waals surface area contributed by atoms with Crippen LogP contribution in [0.5, 0.6) is 0 Å². The molecule has 0 saturated heterocycles. The predicted octanol–water partition coefficient (Wildman–Crippen LogP) is 4.09. The highest BCUT2D eigenvalue weighted by Crippen LogP contribution is 2.27. The van der Waals surface area contributed by atoms with Gasteiger partial charge in [0.05, 0.1) is 11.9 Å². The number of rotatable bonds is 10. The highest BCUT2D eigenvalue weighted by Gasteiger charge is 2.32. The summed E-state index contributed by atoms with van der Waals surface area (Å²) >= 11 is 12.7. The van der Waals surface area contributed by atoms with Crippen LogP contribution in [0.3, 0.4) is 0 Å². The van der Waals surface area contributed by atoms with E-state index in [2.05, 4.69) is 5.32 Å². The SMILES string of the molecule is CC[C@H](C(=O)NC(C)C)N(Cc1c(Cl)cccc1Cl)C(=O)CN(c1ccccc1)S(C)(=O)=O. The van der Waals surface area contributed by atoms with Gasteiger partial charge in [0.15, 0.2) is 0 Å². The fourth-order valence-corrected chi connectivity index (χ4v) is 4.73. The second kappa shape index (κ2) is 11.7. The number of para-hydroxylation sites is 1. The Morgan fingerprint density at radius 2 is 1.58 bits per heavy atom. The Morgan fingerprint density at radius 3 is 2.06 bits per heavy atom. The molecule has 1 N–H and O–H groups in total. The Bertz CT molecular complexity index is 1060. The van der Waals surface area contributed by atoms with Gasteiger partial charge in [-0.05, 0) is 44.5 Å². The van der Waals surface area contributed by atoms with Crippen LogP contribution in [-0.4, -0.2) is 50.0 Å². The molecule has 0 aromatic heterocycles. The smallest absolute Gasteiger partial charge is 0.244 e. The van der Waals surface area contributed by atoms with Crippen molar-refractivity contribution in [2.24, 2.45) is 0 Å². The minimum absolute atomic E-state index is 0.0479.